The van der Waals surface area contributed by atoms with Crippen LogP contribution in [0.15, 0.2) is 53.1 Å². The highest BCUT2D eigenvalue weighted by Crippen LogP contribution is 2.33. The minimum Gasteiger partial charge on any atom is -0.490 e. The second kappa shape index (κ2) is 8.27. The molecule has 0 spiro atoms. The Labute approximate surface area is 186 Å². The Morgan fingerprint density at radius 1 is 1.13 bits per heavy atom. The van der Waals surface area contributed by atoms with Crippen molar-refractivity contribution in [1.82, 2.24) is 10.1 Å². The Hall–Kier alpha value is -2.99. The normalized spacial score (nSPS) is 18.1. The third kappa shape index (κ3) is 4.26. The van der Waals surface area contributed by atoms with Crippen LogP contribution in [0.25, 0.3) is 11.3 Å². The highest BCUT2D eigenvalue weighted by atomic mass is 35.5. The number of hydrogen-bond donors (Lipinski definition) is 0. The molecule has 3 heterocycles. The molecule has 1 atom stereocenters. The Morgan fingerprint density at radius 3 is 2.77 bits per heavy atom. The number of aromatic nitrogens is 1. The summed E-state index contributed by atoms with van der Waals surface area (Å²) in [7, 11) is 0. The third-order valence-corrected chi connectivity index (χ3v) is 6.11. The lowest BCUT2D eigenvalue weighted by molar-refractivity contribution is -0.130. The number of benzene rings is 2. The number of anilines is 1. The zero-order valence-corrected chi connectivity index (χ0v) is 18.1. The fourth-order valence-corrected chi connectivity index (χ4v) is 4.44. The third-order valence-electron chi connectivity index (χ3n) is 5.88. The number of nitrogens with zero attached hydrogens (tertiary/aromatic N) is 3. The number of amides is 1. The molecule has 7 heteroatoms. The van der Waals surface area contributed by atoms with Gasteiger partial charge in [-0.1, -0.05) is 22.8 Å². The van der Waals surface area contributed by atoms with E-state index in [2.05, 4.69) is 23.0 Å². The van der Waals surface area contributed by atoms with Crippen molar-refractivity contribution in [3.05, 3.63) is 64.8 Å². The van der Waals surface area contributed by atoms with E-state index in [1.54, 1.807) is 0 Å². The summed E-state index contributed by atoms with van der Waals surface area (Å²) in [4.78, 5) is 16.9. The van der Waals surface area contributed by atoms with Gasteiger partial charge in [0.1, 0.15) is 11.9 Å². The van der Waals surface area contributed by atoms with Gasteiger partial charge in [-0.15, -0.1) is 0 Å². The second-order valence-electron chi connectivity index (χ2n) is 8.16. The van der Waals surface area contributed by atoms with Crippen LogP contribution >= 0.6 is 11.6 Å². The van der Waals surface area contributed by atoms with Gasteiger partial charge in [0, 0.05) is 54.9 Å². The standard InChI is InChI=1S/C24H24ClN3O3/c1-16-11-18-12-17(5-6-22(18)30-16)23-14-20(26-31-23)15-24(29)28-9-7-27(8-10-28)21-4-2-3-19(25)13-21/h2-6,12-14,16H,7-11,15H2,1H3. The summed E-state index contributed by atoms with van der Waals surface area (Å²) in [5.41, 5.74) is 3.88. The maximum absolute atomic E-state index is 12.8. The van der Waals surface area contributed by atoms with Crippen LogP contribution in [0, 0.1) is 0 Å². The molecule has 1 saturated heterocycles. The van der Waals surface area contributed by atoms with E-state index in [9.17, 15) is 4.79 Å². The number of carbonyl (C=O) groups excluding carboxylic acids is 1. The molecule has 2 aliphatic heterocycles. The number of rotatable bonds is 4. The molecule has 1 amide bonds. The van der Waals surface area contributed by atoms with Gasteiger partial charge in [0.15, 0.2) is 5.76 Å². The largest absolute Gasteiger partial charge is 0.490 e. The lowest BCUT2D eigenvalue weighted by Gasteiger charge is -2.36. The molecule has 0 saturated carbocycles. The smallest absolute Gasteiger partial charge is 0.228 e. The van der Waals surface area contributed by atoms with Crippen LogP contribution in [0.3, 0.4) is 0 Å². The van der Waals surface area contributed by atoms with Gasteiger partial charge < -0.3 is 19.1 Å². The van der Waals surface area contributed by atoms with E-state index in [1.165, 1.54) is 5.56 Å². The number of hydrogen-bond acceptors (Lipinski definition) is 5. The minimum atomic E-state index is 0.0711. The Bertz CT molecular complexity index is 1100. The van der Waals surface area contributed by atoms with Crippen molar-refractivity contribution >= 4 is 23.2 Å². The molecule has 0 N–H and O–H groups in total. The summed E-state index contributed by atoms with van der Waals surface area (Å²) in [5, 5.41) is 4.85. The first-order valence-electron chi connectivity index (χ1n) is 10.6. The summed E-state index contributed by atoms with van der Waals surface area (Å²) in [6.07, 6.45) is 1.34. The van der Waals surface area contributed by atoms with Gasteiger partial charge in [-0.25, -0.2) is 0 Å². The summed E-state index contributed by atoms with van der Waals surface area (Å²) in [6.45, 7) is 4.99. The predicted octanol–water partition coefficient (Wildman–Crippen LogP) is 4.21. The molecule has 5 rings (SSSR count). The van der Waals surface area contributed by atoms with Gasteiger partial charge in [0.05, 0.1) is 12.1 Å². The lowest BCUT2D eigenvalue weighted by atomic mass is 10.1. The van der Waals surface area contributed by atoms with Crippen molar-refractivity contribution in [2.75, 3.05) is 31.1 Å². The van der Waals surface area contributed by atoms with Crippen molar-refractivity contribution in [3.63, 3.8) is 0 Å². The molecule has 0 aliphatic carbocycles. The van der Waals surface area contributed by atoms with Crippen LogP contribution in [0.4, 0.5) is 5.69 Å². The number of fused-ring (bicyclic) bond motifs is 1. The van der Waals surface area contributed by atoms with E-state index in [4.69, 9.17) is 20.9 Å². The molecule has 2 aliphatic rings. The zero-order chi connectivity index (χ0) is 21.4. The molecule has 3 aromatic rings. The van der Waals surface area contributed by atoms with Crippen molar-refractivity contribution in [1.29, 1.82) is 0 Å². The maximum atomic E-state index is 12.8. The maximum Gasteiger partial charge on any atom is 0.228 e. The number of halogens is 1. The van der Waals surface area contributed by atoms with Crippen LogP contribution in [0.2, 0.25) is 5.02 Å². The van der Waals surface area contributed by atoms with Crippen LogP contribution < -0.4 is 9.64 Å². The lowest BCUT2D eigenvalue weighted by Crippen LogP contribution is -2.49. The van der Waals surface area contributed by atoms with Gasteiger partial charge in [0.25, 0.3) is 0 Å². The fourth-order valence-electron chi connectivity index (χ4n) is 4.26. The zero-order valence-electron chi connectivity index (χ0n) is 17.4. The molecule has 0 radical (unpaired) electrons. The van der Waals surface area contributed by atoms with E-state index in [1.807, 2.05) is 47.4 Å². The first-order chi connectivity index (χ1) is 15.0. The summed E-state index contributed by atoms with van der Waals surface area (Å²) in [6, 6.07) is 15.7. The molecular formula is C24H24ClN3O3. The molecule has 6 nitrogen and oxygen atoms in total. The van der Waals surface area contributed by atoms with E-state index >= 15 is 0 Å². The molecule has 1 unspecified atom stereocenters. The Morgan fingerprint density at radius 2 is 1.97 bits per heavy atom. The molecule has 160 valence electrons. The topological polar surface area (TPSA) is 58.8 Å². The van der Waals surface area contributed by atoms with E-state index in [-0.39, 0.29) is 18.4 Å². The van der Waals surface area contributed by atoms with Gasteiger partial charge in [-0.2, -0.15) is 0 Å². The predicted molar refractivity (Wildman–Crippen MR) is 120 cm³/mol. The van der Waals surface area contributed by atoms with Gasteiger partial charge >= 0.3 is 0 Å². The van der Waals surface area contributed by atoms with Crippen LogP contribution in [-0.2, 0) is 17.6 Å². The van der Waals surface area contributed by atoms with Crippen LogP contribution in [0.5, 0.6) is 5.75 Å². The van der Waals surface area contributed by atoms with Gasteiger partial charge in [0.2, 0.25) is 5.91 Å². The minimum absolute atomic E-state index is 0.0711. The highest BCUT2D eigenvalue weighted by Gasteiger charge is 2.23. The van der Waals surface area contributed by atoms with E-state index in [0.29, 0.717) is 24.5 Å². The Balaban J connectivity index is 1.19. The number of piperazine rings is 1. The van der Waals surface area contributed by atoms with Crippen molar-refractivity contribution in [3.8, 4) is 17.1 Å². The molecule has 2 aromatic carbocycles. The molecule has 31 heavy (non-hydrogen) atoms. The average Bonchev–Trinajstić information content (AvgIpc) is 3.38. The van der Waals surface area contributed by atoms with E-state index in [0.717, 1.165) is 41.5 Å². The molecular weight excluding hydrogens is 414 g/mol. The van der Waals surface area contributed by atoms with Crippen molar-refractivity contribution in [2.45, 2.75) is 25.9 Å². The Kier molecular flexibility index (Phi) is 5.32. The summed E-state index contributed by atoms with van der Waals surface area (Å²) >= 11 is 6.10. The van der Waals surface area contributed by atoms with Crippen LogP contribution in [-0.4, -0.2) is 48.2 Å². The second-order valence-corrected chi connectivity index (χ2v) is 8.60. The highest BCUT2D eigenvalue weighted by molar-refractivity contribution is 6.30. The first kappa shape index (κ1) is 19.9. The van der Waals surface area contributed by atoms with Crippen molar-refractivity contribution < 1.29 is 14.1 Å². The summed E-state index contributed by atoms with van der Waals surface area (Å²) in [5.74, 6) is 1.68. The van der Waals surface area contributed by atoms with Gasteiger partial charge in [-0.05, 0) is 48.9 Å². The average molecular weight is 438 g/mol. The van der Waals surface area contributed by atoms with Crippen molar-refractivity contribution in [2.24, 2.45) is 0 Å². The molecule has 1 aromatic heterocycles. The first-order valence-corrected chi connectivity index (χ1v) is 11.0. The van der Waals surface area contributed by atoms with E-state index < -0.39 is 0 Å². The molecule has 0 bridgehead atoms. The monoisotopic (exact) mass is 437 g/mol. The summed E-state index contributed by atoms with van der Waals surface area (Å²) < 4.78 is 11.3. The number of ether oxygens (including phenoxy) is 1. The molecule has 1 fully saturated rings. The quantitative estimate of drug-likeness (QED) is 0.612. The SMILES string of the molecule is CC1Cc2cc(-c3cc(CC(=O)N4CCN(c5cccc(Cl)c5)CC4)no3)ccc2O1. The van der Waals surface area contributed by atoms with Crippen LogP contribution in [0.1, 0.15) is 18.2 Å². The fraction of sp³-hybridized carbons (Fsp3) is 0.333. The van der Waals surface area contributed by atoms with Gasteiger partial charge in [-0.3, -0.25) is 4.79 Å². The number of carbonyl (C=O) groups is 1.